The van der Waals surface area contributed by atoms with Crippen LogP contribution in [0.2, 0.25) is 0 Å². The van der Waals surface area contributed by atoms with Crippen molar-refractivity contribution in [2.45, 2.75) is 13.5 Å². The number of phenolic OH excluding ortho intramolecular Hbond substituents is 1. The van der Waals surface area contributed by atoms with E-state index in [1.54, 1.807) is 12.4 Å². The number of nitrogens with one attached hydrogen (secondary N) is 1. The van der Waals surface area contributed by atoms with Crippen LogP contribution in [-0.4, -0.2) is 24.2 Å². The van der Waals surface area contributed by atoms with Gasteiger partial charge in [0.05, 0.1) is 17.6 Å². The number of anilines is 2. The van der Waals surface area contributed by atoms with E-state index in [-0.39, 0.29) is 0 Å². The van der Waals surface area contributed by atoms with E-state index in [0.29, 0.717) is 12.3 Å². The van der Waals surface area contributed by atoms with Gasteiger partial charge < -0.3 is 15.3 Å². The van der Waals surface area contributed by atoms with Crippen LogP contribution in [-0.2, 0) is 6.54 Å². The fourth-order valence-corrected chi connectivity index (χ4v) is 1.97. The maximum absolute atomic E-state index is 9.99. The highest BCUT2D eigenvalue weighted by Crippen LogP contribution is 2.26. The van der Waals surface area contributed by atoms with E-state index in [4.69, 9.17) is 0 Å². The fraction of sp³-hybridized carbons (Fsp3) is 0.267. The summed E-state index contributed by atoms with van der Waals surface area (Å²) >= 11 is 0. The van der Waals surface area contributed by atoms with Crippen LogP contribution in [0.5, 0.6) is 5.75 Å². The van der Waals surface area contributed by atoms with Gasteiger partial charge in [0.2, 0.25) is 0 Å². The Hall–Kier alpha value is -2.23. The summed E-state index contributed by atoms with van der Waals surface area (Å²) in [6, 6.07) is 7.72. The number of rotatable bonds is 4. The van der Waals surface area contributed by atoms with E-state index in [9.17, 15) is 5.11 Å². The van der Waals surface area contributed by atoms with Crippen molar-refractivity contribution in [2.75, 3.05) is 24.3 Å². The van der Waals surface area contributed by atoms with Crippen molar-refractivity contribution < 1.29 is 5.11 Å². The molecule has 0 saturated carbocycles. The molecular weight excluding hydrogens is 238 g/mol. The number of aromatic nitrogens is 1. The molecule has 0 atom stereocenters. The van der Waals surface area contributed by atoms with Crippen molar-refractivity contribution in [1.29, 1.82) is 0 Å². The number of para-hydroxylation sites is 1. The first kappa shape index (κ1) is 13.2. The van der Waals surface area contributed by atoms with Crippen LogP contribution < -0.4 is 10.2 Å². The Morgan fingerprint density at radius 3 is 2.79 bits per heavy atom. The van der Waals surface area contributed by atoms with Gasteiger partial charge in [-0.3, -0.25) is 4.98 Å². The maximum Gasteiger partial charge on any atom is 0.123 e. The SMILES string of the molecule is Cc1cccc(CNc2cnccc2N(C)C)c1O. The van der Waals surface area contributed by atoms with E-state index in [0.717, 1.165) is 22.5 Å². The first-order valence-electron chi connectivity index (χ1n) is 6.22. The zero-order valence-corrected chi connectivity index (χ0v) is 11.5. The molecule has 2 N–H and O–H groups in total. The summed E-state index contributed by atoms with van der Waals surface area (Å²) in [5, 5.41) is 13.3. The van der Waals surface area contributed by atoms with Gasteiger partial charge in [-0.15, -0.1) is 0 Å². The number of pyridine rings is 1. The first-order chi connectivity index (χ1) is 9.09. The number of aromatic hydroxyl groups is 1. The summed E-state index contributed by atoms with van der Waals surface area (Å²) in [5.74, 6) is 0.352. The molecule has 2 aromatic rings. The number of phenols is 1. The maximum atomic E-state index is 9.99. The second kappa shape index (κ2) is 5.61. The summed E-state index contributed by atoms with van der Waals surface area (Å²) in [7, 11) is 3.98. The lowest BCUT2D eigenvalue weighted by atomic mass is 10.1. The Balaban J connectivity index is 2.17. The zero-order valence-electron chi connectivity index (χ0n) is 11.5. The molecule has 100 valence electrons. The molecule has 1 aromatic heterocycles. The molecule has 0 radical (unpaired) electrons. The number of aryl methyl sites for hydroxylation is 1. The van der Waals surface area contributed by atoms with E-state index in [1.165, 1.54) is 0 Å². The van der Waals surface area contributed by atoms with Crippen molar-refractivity contribution in [3.05, 3.63) is 47.8 Å². The van der Waals surface area contributed by atoms with Gasteiger partial charge >= 0.3 is 0 Å². The first-order valence-corrected chi connectivity index (χ1v) is 6.22. The van der Waals surface area contributed by atoms with E-state index < -0.39 is 0 Å². The summed E-state index contributed by atoms with van der Waals surface area (Å²) in [6.45, 7) is 2.47. The monoisotopic (exact) mass is 257 g/mol. The van der Waals surface area contributed by atoms with Crippen LogP contribution in [0, 0.1) is 6.92 Å². The molecule has 1 aromatic carbocycles. The Bertz CT molecular complexity index is 567. The highest BCUT2D eigenvalue weighted by molar-refractivity contribution is 5.68. The van der Waals surface area contributed by atoms with Gasteiger partial charge in [-0.05, 0) is 18.6 Å². The Labute approximate surface area is 113 Å². The number of hydrogen-bond donors (Lipinski definition) is 2. The van der Waals surface area contributed by atoms with Gasteiger partial charge in [0.25, 0.3) is 0 Å². The summed E-state index contributed by atoms with van der Waals surface area (Å²) in [6.07, 6.45) is 3.56. The number of benzene rings is 1. The molecule has 19 heavy (non-hydrogen) atoms. The van der Waals surface area contributed by atoms with Gasteiger partial charge in [0.1, 0.15) is 5.75 Å². The quantitative estimate of drug-likeness (QED) is 0.884. The molecule has 0 unspecified atom stereocenters. The van der Waals surface area contributed by atoms with E-state index in [2.05, 4.69) is 10.3 Å². The second-order valence-electron chi connectivity index (χ2n) is 4.72. The largest absolute Gasteiger partial charge is 0.507 e. The third-order valence-electron chi connectivity index (χ3n) is 3.07. The van der Waals surface area contributed by atoms with Crippen LogP contribution in [0.3, 0.4) is 0 Å². The molecule has 4 nitrogen and oxygen atoms in total. The van der Waals surface area contributed by atoms with Crippen molar-refractivity contribution in [1.82, 2.24) is 4.98 Å². The van der Waals surface area contributed by atoms with Gasteiger partial charge in [-0.2, -0.15) is 0 Å². The van der Waals surface area contributed by atoms with Gasteiger partial charge in [0, 0.05) is 32.4 Å². The smallest absolute Gasteiger partial charge is 0.123 e. The zero-order chi connectivity index (χ0) is 13.8. The molecule has 0 fully saturated rings. The van der Waals surface area contributed by atoms with Gasteiger partial charge in [-0.1, -0.05) is 18.2 Å². The lowest BCUT2D eigenvalue weighted by Gasteiger charge is -2.18. The average molecular weight is 257 g/mol. The minimum absolute atomic E-state index is 0.352. The second-order valence-corrected chi connectivity index (χ2v) is 4.72. The molecule has 0 saturated heterocycles. The Kier molecular flexibility index (Phi) is 3.90. The molecule has 4 heteroatoms. The predicted molar refractivity (Wildman–Crippen MR) is 78.7 cm³/mol. The standard InChI is InChI=1S/C15H19N3O/c1-11-5-4-6-12(15(11)19)9-17-13-10-16-8-7-14(13)18(2)3/h4-8,10,17,19H,9H2,1-3H3. The van der Waals surface area contributed by atoms with E-state index in [1.807, 2.05) is 50.2 Å². The third kappa shape index (κ3) is 2.96. The third-order valence-corrected chi connectivity index (χ3v) is 3.07. The van der Waals surface area contributed by atoms with Gasteiger partial charge in [-0.25, -0.2) is 0 Å². The van der Waals surface area contributed by atoms with Crippen LogP contribution in [0.25, 0.3) is 0 Å². The summed E-state index contributed by atoms with van der Waals surface area (Å²) in [5.41, 5.74) is 3.79. The van der Waals surface area contributed by atoms with Crippen LogP contribution in [0.1, 0.15) is 11.1 Å². The van der Waals surface area contributed by atoms with Crippen molar-refractivity contribution in [3.63, 3.8) is 0 Å². The minimum Gasteiger partial charge on any atom is -0.507 e. The molecule has 0 amide bonds. The normalized spacial score (nSPS) is 10.3. The molecular formula is C15H19N3O. The summed E-state index contributed by atoms with van der Waals surface area (Å²) in [4.78, 5) is 6.16. The Morgan fingerprint density at radius 1 is 1.26 bits per heavy atom. The molecule has 1 heterocycles. The molecule has 2 rings (SSSR count). The van der Waals surface area contributed by atoms with Crippen molar-refractivity contribution >= 4 is 11.4 Å². The van der Waals surface area contributed by atoms with Gasteiger partial charge in [0.15, 0.2) is 0 Å². The predicted octanol–water partition coefficient (Wildman–Crippen LogP) is 2.77. The molecule has 0 aliphatic rings. The Morgan fingerprint density at radius 2 is 2.05 bits per heavy atom. The summed E-state index contributed by atoms with van der Waals surface area (Å²) < 4.78 is 0. The topological polar surface area (TPSA) is 48.4 Å². The fourth-order valence-electron chi connectivity index (χ4n) is 1.97. The van der Waals surface area contributed by atoms with Crippen LogP contribution in [0.4, 0.5) is 11.4 Å². The molecule has 0 aliphatic carbocycles. The van der Waals surface area contributed by atoms with Crippen LogP contribution >= 0.6 is 0 Å². The minimum atomic E-state index is 0.352. The molecule has 0 aliphatic heterocycles. The van der Waals surface area contributed by atoms with Crippen molar-refractivity contribution in [3.8, 4) is 5.75 Å². The number of nitrogens with zero attached hydrogens (tertiary/aromatic N) is 2. The lowest BCUT2D eigenvalue weighted by Crippen LogP contribution is -2.12. The lowest BCUT2D eigenvalue weighted by molar-refractivity contribution is 0.465. The molecule has 0 bridgehead atoms. The van der Waals surface area contributed by atoms with E-state index >= 15 is 0 Å². The van der Waals surface area contributed by atoms with Crippen LogP contribution in [0.15, 0.2) is 36.7 Å². The van der Waals surface area contributed by atoms with Crippen molar-refractivity contribution in [2.24, 2.45) is 0 Å². The average Bonchev–Trinajstić information content (AvgIpc) is 2.40. The number of hydrogen-bond acceptors (Lipinski definition) is 4. The highest BCUT2D eigenvalue weighted by atomic mass is 16.3. The molecule has 0 spiro atoms. The highest BCUT2D eigenvalue weighted by Gasteiger charge is 2.06.